The van der Waals surface area contributed by atoms with E-state index in [0.29, 0.717) is 43.9 Å². The van der Waals surface area contributed by atoms with Crippen molar-refractivity contribution in [3.63, 3.8) is 0 Å². The summed E-state index contributed by atoms with van der Waals surface area (Å²) in [5.74, 6) is -0.369. The first-order valence-corrected chi connectivity index (χ1v) is 8.43. The summed E-state index contributed by atoms with van der Waals surface area (Å²) in [6, 6.07) is 10.4. The minimum absolute atomic E-state index is 0.127. The monoisotopic (exact) mass is 352 g/mol. The van der Waals surface area contributed by atoms with Gasteiger partial charge in [0.25, 0.3) is 11.8 Å². The summed E-state index contributed by atoms with van der Waals surface area (Å²) >= 11 is 0. The van der Waals surface area contributed by atoms with Gasteiger partial charge in [-0.15, -0.1) is 0 Å². The number of rotatable bonds is 5. The highest BCUT2D eigenvalue weighted by molar-refractivity contribution is 5.99. The van der Waals surface area contributed by atoms with E-state index in [1.807, 2.05) is 12.1 Å². The van der Waals surface area contributed by atoms with Gasteiger partial charge in [-0.05, 0) is 29.8 Å². The highest BCUT2D eigenvalue weighted by Gasteiger charge is 2.21. The predicted molar refractivity (Wildman–Crippen MR) is 95.4 cm³/mol. The highest BCUT2D eigenvalue weighted by atomic mass is 16.2. The number of carbonyl (C=O) groups excluding carboxylic acids is 3. The fourth-order valence-electron chi connectivity index (χ4n) is 2.79. The van der Waals surface area contributed by atoms with E-state index in [2.05, 4.69) is 10.3 Å². The Labute approximate surface area is 151 Å². The molecule has 1 N–H and O–H groups in total. The SMILES string of the molecule is O=CN1CCN(C(=O)c2cccc(C(=O)NCc3cccnc3)c2)CC1. The largest absolute Gasteiger partial charge is 0.348 e. The van der Waals surface area contributed by atoms with Crippen LogP contribution < -0.4 is 5.32 Å². The van der Waals surface area contributed by atoms with Gasteiger partial charge in [0.15, 0.2) is 0 Å². The van der Waals surface area contributed by atoms with E-state index in [9.17, 15) is 14.4 Å². The first-order valence-electron chi connectivity index (χ1n) is 8.43. The van der Waals surface area contributed by atoms with E-state index in [-0.39, 0.29) is 11.8 Å². The average molecular weight is 352 g/mol. The molecule has 0 atom stereocenters. The lowest BCUT2D eigenvalue weighted by atomic mass is 10.1. The summed E-state index contributed by atoms with van der Waals surface area (Å²) in [5, 5.41) is 2.82. The number of hydrogen-bond acceptors (Lipinski definition) is 4. The Bertz CT molecular complexity index is 786. The predicted octanol–water partition coefficient (Wildman–Crippen LogP) is 0.926. The zero-order chi connectivity index (χ0) is 18.4. The van der Waals surface area contributed by atoms with Gasteiger partial charge in [0.2, 0.25) is 6.41 Å². The van der Waals surface area contributed by atoms with Crippen LogP contribution in [0.1, 0.15) is 26.3 Å². The molecule has 26 heavy (non-hydrogen) atoms. The van der Waals surface area contributed by atoms with Crippen LogP contribution in [0.5, 0.6) is 0 Å². The Kier molecular flexibility index (Phi) is 5.58. The summed E-state index contributed by atoms with van der Waals surface area (Å²) in [7, 11) is 0. The van der Waals surface area contributed by atoms with Crippen molar-refractivity contribution < 1.29 is 14.4 Å². The van der Waals surface area contributed by atoms with Crippen LogP contribution in [0.4, 0.5) is 0 Å². The zero-order valence-electron chi connectivity index (χ0n) is 14.3. The molecule has 1 saturated heterocycles. The summed E-state index contributed by atoms with van der Waals surface area (Å²) in [4.78, 5) is 43.1. The lowest BCUT2D eigenvalue weighted by molar-refractivity contribution is -0.119. The fraction of sp³-hybridized carbons (Fsp3) is 0.263. The van der Waals surface area contributed by atoms with Crippen molar-refractivity contribution in [1.29, 1.82) is 0 Å². The Morgan fingerprint density at radius 1 is 1.08 bits per heavy atom. The van der Waals surface area contributed by atoms with Crippen LogP contribution in [0.25, 0.3) is 0 Å². The normalized spacial score (nSPS) is 14.0. The molecule has 0 aliphatic carbocycles. The Balaban J connectivity index is 1.63. The molecular weight excluding hydrogens is 332 g/mol. The fourth-order valence-corrected chi connectivity index (χ4v) is 2.79. The number of piperazine rings is 1. The minimum atomic E-state index is -0.241. The quantitative estimate of drug-likeness (QED) is 0.812. The number of nitrogens with one attached hydrogen (secondary N) is 1. The third-order valence-electron chi connectivity index (χ3n) is 4.30. The molecule has 1 aromatic carbocycles. The van der Waals surface area contributed by atoms with Gasteiger partial charge in [0.1, 0.15) is 0 Å². The molecule has 7 nitrogen and oxygen atoms in total. The molecular formula is C19H20N4O3. The van der Waals surface area contributed by atoms with Crippen molar-refractivity contribution in [2.45, 2.75) is 6.54 Å². The number of hydrogen-bond donors (Lipinski definition) is 1. The standard InChI is InChI=1S/C19H20N4O3/c24-14-22-7-9-23(10-8-22)19(26)17-5-1-4-16(11-17)18(25)21-13-15-3-2-6-20-12-15/h1-6,11-12,14H,7-10,13H2,(H,21,25). The second-order valence-electron chi connectivity index (χ2n) is 6.06. The highest BCUT2D eigenvalue weighted by Crippen LogP contribution is 2.11. The maximum absolute atomic E-state index is 12.6. The van der Waals surface area contributed by atoms with Crippen LogP contribution in [-0.2, 0) is 11.3 Å². The van der Waals surface area contributed by atoms with Crippen molar-refractivity contribution in [3.8, 4) is 0 Å². The Morgan fingerprint density at radius 3 is 2.54 bits per heavy atom. The summed E-state index contributed by atoms with van der Waals surface area (Å²) in [6.45, 7) is 2.42. The van der Waals surface area contributed by atoms with E-state index < -0.39 is 0 Å². The first-order chi connectivity index (χ1) is 12.7. The molecule has 1 fully saturated rings. The number of carbonyl (C=O) groups is 3. The van der Waals surface area contributed by atoms with Gasteiger partial charge in [-0.1, -0.05) is 12.1 Å². The molecule has 0 saturated carbocycles. The second-order valence-corrected chi connectivity index (χ2v) is 6.06. The topological polar surface area (TPSA) is 82.6 Å². The van der Waals surface area contributed by atoms with Crippen molar-refractivity contribution in [3.05, 3.63) is 65.5 Å². The molecule has 7 heteroatoms. The molecule has 134 valence electrons. The maximum Gasteiger partial charge on any atom is 0.253 e. The molecule has 3 rings (SSSR count). The number of amides is 3. The van der Waals surface area contributed by atoms with E-state index in [1.54, 1.807) is 46.5 Å². The minimum Gasteiger partial charge on any atom is -0.348 e. The molecule has 0 unspecified atom stereocenters. The van der Waals surface area contributed by atoms with Crippen LogP contribution in [0.3, 0.4) is 0 Å². The van der Waals surface area contributed by atoms with E-state index in [0.717, 1.165) is 12.0 Å². The van der Waals surface area contributed by atoms with Gasteiger partial charge in [-0.25, -0.2) is 0 Å². The van der Waals surface area contributed by atoms with Gasteiger partial charge in [0, 0.05) is 56.2 Å². The van der Waals surface area contributed by atoms with Crippen molar-refractivity contribution in [2.75, 3.05) is 26.2 Å². The van der Waals surface area contributed by atoms with Crippen LogP contribution in [0, 0.1) is 0 Å². The number of benzene rings is 1. The summed E-state index contributed by atoms with van der Waals surface area (Å²) in [5.41, 5.74) is 1.81. The smallest absolute Gasteiger partial charge is 0.253 e. The third kappa shape index (κ3) is 4.24. The Morgan fingerprint density at radius 2 is 1.85 bits per heavy atom. The maximum atomic E-state index is 12.6. The molecule has 0 bridgehead atoms. The zero-order valence-corrected chi connectivity index (χ0v) is 14.3. The summed E-state index contributed by atoms with van der Waals surface area (Å²) in [6.07, 6.45) is 4.17. The number of pyridine rings is 1. The Hall–Kier alpha value is -3.22. The second kappa shape index (κ2) is 8.24. The van der Waals surface area contributed by atoms with Gasteiger partial charge < -0.3 is 15.1 Å². The van der Waals surface area contributed by atoms with E-state index >= 15 is 0 Å². The molecule has 2 aromatic rings. The lowest BCUT2D eigenvalue weighted by Crippen LogP contribution is -2.48. The molecule has 1 aliphatic rings. The third-order valence-corrected chi connectivity index (χ3v) is 4.30. The lowest BCUT2D eigenvalue weighted by Gasteiger charge is -2.32. The molecule has 1 aliphatic heterocycles. The van der Waals surface area contributed by atoms with Crippen molar-refractivity contribution >= 4 is 18.2 Å². The van der Waals surface area contributed by atoms with Crippen LogP contribution in [0.15, 0.2) is 48.8 Å². The van der Waals surface area contributed by atoms with Crippen LogP contribution in [-0.4, -0.2) is 59.2 Å². The van der Waals surface area contributed by atoms with Gasteiger partial charge in [-0.2, -0.15) is 0 Å². The van der Waals surface area contributed by atoms with Gasteiger partial charge in [0.05, 0.1) is 0 Å². The van der Waals surface area contributed by atoms with Gasteiger partial charge in [-0.3, -0.25) is 19.4 Å². The van der Waals surface area contributed by atoms with E-state index in [1.165, 1.54) is 0 Å². The summed E-state index contributed by atoms with van der Waals surface area (Å²) < 4.78 is 0. The van der Waals surface area contributed by atoms with Gasteiger partial charge >= 0.3 is 0 Å². The molecule has 3 amide bonds. The average Bonchev–Trinajstić information content (AvgIpc) is 2.72. The molecule has 0 spiro atoms. The van der Waals surface area contributed by atoms with Crippen LogP contribution in [0.2, 0.25) is 0 Å². The molecule has 2 heterocycles. The van der Waals surface area contributed by atoms with E-state index in [4.69, 9.17) is 0 Å². The number of nitrogens with zero attached hydrogens (tertiary/aromatic N) is 3. The van der Waals surface area contributed by atoms with Crippen molar-refractivity contribution in [2.24, 2.45) is 0 Å². The molecule has 0 radical (unpaired) electrons. The van der Waals surface area contributed by atoms with Crippen LogP contribution >= 0.6 is 0 Å². The van der Waals surface area contributed by atoms with Crippen molar-refractivity contribution in [1.82, 2.24) is 20.1 Å². The number of aromatic nitrogens is 1. The molecule has 1 aromatic heterocycles. The first kappa shape index (κ1) is 17.6.